The predicted molar refractivity (Wildman–Crippen MR) is 108 cm³/mol. The Bertz CT molecular complexity index is 1190. The summed E-state index contributed by atoms with van der Waals surface area (Å²) in [4.78, 5) is 19.7. The molecular formula is C18H17ClN8O. The van der Waals surface area contributed by atoms with E-state index < -0.39 is 6.03 Å². The summed E-state index contributed by atoms with van der Waals surface area (Å²) in [6.07, 6.45) is 1.77. The lowest BCUT2D eigenvalue weighted by Gasteiger charge is -2.05. The molecule has 3 heterocycles. The van der Waals surface area contributed by atoms with Crippen molar-refractivity contribution in [3.63, 3.8) is 0 Å². The number of carbonyl (C=O) groups is 1. The van der Waals surface area contributed by atoms with Gasteiger partial charge >= 0.3 is 6.03 Å². The fourth-order valence-corrected chi connectivity index (χ4v) is 2.75. The molecule has 0 aliphatic carbocycles. The van der Waals surface area contributed by atoms with Crippen molar-refractivity contribution >= 4 is 46.2 Å². The van der Waals surface area contributed by atoms with Crippen molar-refractivity contribution in [1.82, 2.24) is 30.4 Å². The standard InChI is InChI=1S/C18H16N8O.ClH/c1-11(22-24-18(19)27)14-6-7-16-17(21-14)26(25-23-16)10-12-4-5-15-13(9-12)3-2-8-20-15;/h2-9H,10H2,1H3,(H3,19,24,27);1H/b22-11-;. The Morgan fingerprint density at radius 1 is 1.21 bits per heavy atom. The van der Waals surface area contributed by atoms with Crippen molar-refractivity contribution in [2.24, 2.45) is 10.8 Å². The number of fused-ring (bicyclic) bond motifs is 2. The first-order valence-electron chi connectivity index (χ1n) is 8.24. The Labute approximate surface area is 166 Å². The van der Waals surface area contributed by atoms with Crippen LogP contribution < -0.4 is 11.2 Å². The second-order valence-electron chi connectivity index (χ2n) is 5.99. The Kier molecular flexibility index (Phi) is 5.46. The largest absolute Gasteiger partial charge is 0.350 e. The van der Waals surface area contributed by atoms with Crippen LogP contribution in [0.5, 0.6) is 0 Å². The molecule has 28 heavy (non-hydrogen) atoms. The van der Waals surface area contributed by atoms with Gasteiger partial charge in [-0.2, -0.15) is 5.10 Å². The topological polar surface area (TPSA) is 124 Å². The number of carbonyl (C=O) groups excluding carboxylic acids is 1. The normalized spacial score (nSPS) is 11.4. The van der Waals surface area contributed by atoms with Crippen LogP contribution in [0.3, 0.4) is 0 Å². The molecule has 142 valence electrons. The van der Waals surface area contributed by atoms with Gasteiger partial charge in [0.25, 0.3) is 0 Å². The maximum Gasteiger partial charge on any atom is 0.332 e. The van der Waals surface area contributed by atoms with Crippen molar-refractivity contribution in [2.75, 3.05) is 0 Å². The minimum Gasteiger partial charge on any atom is -0.350 e. The van der Waals surface area contributed by atoms with Gasteiger partial charge in [0.1, 0.15) is 5.52 Å². The number of halogens is 1. The maximum absolute atomic E-state index is 10.8. The molecule has 10 heteroatoms. The van der Waals surface area contributed by atoms with Crippen LogP contribution in [0, 0.1) is 0 Å². The summed E-state index contributed by atoms with van der Waals surface area (Å²) in [5.74, 6) is 0. The van der Waals surface area contributed by atoms with Crippen LogP contribution in [0.4, 0.5) is 4.79 Å². The number of hydrogen-bond acceptors (Lipinski definition) is 6. The molecule has 3 N–H and O–H groups in total. The molecule has 0 aliphatic rings. The zero-order valence-corrected chi connectivity index (χ0v) is 15.7. The van der Waals surface area contributed by atoms with Gasteiger partial charge in [-0.3, -0.25) is 4.98 Å². The number of urea groups is 1. The number of amides is 2. The third-order valence-electron chi connectivity index (χ3n) is 4.06. The average Bonchev–Trinajstić information content (AvgIpc) is 3.08. The monoisotopic (exact) mass is 396 g/mol. The van der Waals surface area contributed by atoms with E-state index in [0.717, 1.165) is 16.5 Å². The number of primary amides is 1. The first kappa shape index (κ1) is 19.2. The maximum atomic E-state index is 10.8. The average molecular weight is 397 g/mol. The second kappa shape index (κ2) is 7.97. The Hall–Kier alpha value is -3.59. The van der Waals surface area contributed by atoms with Gasteiger partial charge in [0.05, 0.1) is 23.5 Å². The summed E-state index contributed by atoms with van der Waals surface area (Å²) in [6.45, 7) is 2.25. The fraction of sp³-hybridized carbons (Fsp3) is 0.111. The van der Waals surface area contributed by atoms with Crippen molar-refractivity contribution in [1.29, 1.82) is 0 Å². The van der Waals surface area contributed by atoms with Crippen LogP contribution in [0.15, 0.2) is 53.8 Å². The summed E-state index contributed by atoms with van der Waals surface area (Å²) in [6, 6.07) is 12.8. The van der Waals surface area contributed by atoms with E-state index in [1.807, 2.05) is 30.3 Å². The minimum absolute atomic E-state index is 0. The van der Waals surface area contributed by atoms with Crippen molar-refractivity contribution in [3.8, 4) is 0 Å². The molecule has 0 atom stereocenters. The molecule has 4 aromatic rings. The summed E-state index contributed by atoms with van der Waals surface area (Å²) in [7, 11) is 0. The molecule has 9 nitrogen and oxygen atoms in total. The van der Waals surface area contributed by atoms with Gasteiger partial charge in [-0.1, -0.05) is 17.3 Å². The highest BCUT2D eigenvalue weighted by atomic mass is 35.5. The number of aromatic nitrogens is 5. The van der Waals surface area contributed by atoms with E-state index in [1.54, 1.807) is 23.9 Å². The number of benzene rings is 1. The van der Waals surface area contributed by atoms with Gasteiger partial charge in [0.2, 0.25) is 0 Å². The van der Waals surface area contributed by atoms with Gasteiger partial charge in [-0.05, 0) is 42.8 Å². The van der Waals surface area contributed by atoms with Crippen LogP contribution in [0.1, 0.15) is 18.2 Å². The number of rotatable bonds is 4. The lowest BCUT2D eigenvalue weighted by atomic mass is 10.1. The SMILES string of the molecule is C/C(=N/NC(N)=O)c1ccc2nnn(Cc3ccc4ncccc4c3)c2n1.Cl. The number of hydrazone groups is 1. The first-order chi connectivity index (χ1) is 13.1. The van der Waals surface area contributed by atoms with Crippen LogP contribution in [-0.2, 0) is 6.54 Å². The summed E-state index contributed by atoms with van der Waals surface area (Å²) in [5, 5.41) is 13.3. The van der Waals surface area contributed by atoms with E-state index in [1.165, 1.54) is 0 Å². The zero-order chi connectivity index (χ0) is 18.8. The molecule has 0 bridgehead atoms. The lowest BCUT2D eigenvalue weighted by molar-refractivity contribution is 0.249. The Morgan fingerprint density at radius 2 is 2.04 bits per heavy atom. The number of pyridine rings is 2. The van der Waals surface area contributed by atoms with E-state index in [4.69, 9.17) is 5.73 Å². The van der Waals surface area contributed by atoms with E-state index in [2.05, 4.69) is 36.9 Å². The van der Waals surface area contributed by atoms with Crippen molar-refractivity contribution in [3.05, 3.63) is 59.9 Å². The summed E-state index contributed by atoms with van der Waals surface area (Å²) in [5.41, 5.74) is 11.7. The Morgan fingerprint density at radius 3 is 2.86 bits per heavy atom. The molecule has 0 saturated heterocycles. The molecule has 3 aromatic heterocycles. The van der Waals surface area contributed by atoms with Crippen LogP contribution in [-0.4, -0.2) is 36.7 Å². The highest BCUT2D eigenvalue weighted by Gasteiger charge is 2.10. The highest BCUT2D eigenvalue weighted by molar-refractivity contribution is 5.98. The third-order valence-corrected chi connectivity index (χ3v) is 4.06. The summed E-state index contributed by atoms with van der Waals surface area (Å²) >= 11 is 0. The molecule has 0 radical (unpaired) electrons. The van der Waals surface area contributed by atoms with E-state index in [-0.39, 0.29) is 12.4 Å². The zero-order valence-electron chi connectivity index (χ0n) is 14.9. The molecule has 0 unspecified atom stereocenters. The minimum atomic E-state index is -0.729. The second-order valence-corrected chi connectivity index (χ2v) is 5.99. The van der Waals surface area contributed by atoms with Crippen LogP contribution >= 0.6 is 12.4 Å². The molecule has 0 saturated carbocycles. The number of nitrogens with zero attached hydrogens (tertiary/aromatic N) is 6. The van der Waals surface area contributed by atoms with Crippen molar-refractivity contribution < 1.29 is 4.79 Å². The smallest absolute Gasteiger partial charge is 0.332 e. The number of nitrogens with two attached hydrogens (primary N) is 1. The van der Waals surface area contributed by atoms with Crippen molar-refractivity contribution in [2.45, 2.75) is 13.5 Å². The van der Waals surface area contributed by atoms with Gasteiger partial charge in [-0.15, -0.1) is 17.5 Å². The quantitative estimate of drug-likeness (QED) is 0.404. The van der Waals surface area contributed by atoms with Crippen LogP contribution in [0.2, 0.25) is 0 Å². The molecule has 4 rings (SSSR count). The molecule has 1 aromatic carbocycles. The van der Waals surface area contributed by atoms with Crippen LogP contribution in [0.25, 0.3) is 22.1 Å². The van der Waals surface area contributed by atoms with Gasteiger partial charge in [0.15, 0.2) is 5.65 Å². The van der Waals surface area contributed by atoms with Gasteiger partial charge in [0, 0.05) is 11.6 Å². The van der Waals surface area contributed by atoms with Gasteiger partial charge in [-0.25, -0.2) is 19.9 Å². The van der Waals surface area contributed by atoms with Gasteiger partial charge < -0.3 is 5.73 Å². The number of hydrogen-bond donors (Lipinski definition) is 2. The lowest BCUT2D eigenvalue weighted by Crippen LogP contribution is -2.25. The molecular weight excluding hydrogens is 380 g/mol. The van der Waals surface area contributed by atoms with E-state index >= 15 is 0 Å². The fourth-order valence-electron chi connectivity index (χ4n) is 2.75. The molecule has 0 fully saturated rings. The predicted octanol–water partition coefficient (Wildman–Crippen LogP) is 2.24. The number of nitrogens with one attached hydrogen (secondary N) is 1. The molecule has 0 spiro atoms. The summed E-state index contributed by atoms with van der Waals surface area (Å²) < 4.78 is 1.73. The Balaban J connectivity index is 0.00000225. The first-order valence-corrected chi connectivity index (χ1v) is 8.24. The van der Waals surface area contributed by atoms with E-state index in [9.17, 15) is 4.79 Å². The third kappa shape index (κ3) is 3.89. The molecule has 2 amide bonds. The molecule has 0 aliphatic heterocycles. The highest BCUT2D eigenvalue weighted by Crippen LogP contribution is 2.16. The van der Waals surface area contributed by atoms with E-state index in [0.29, 0.717) is 29.1 Å².